The Morgan fingerprint density at radius 1 is 1.15 bits per heavy atom. The molecule has 0 saturated carbocycles. The van der Waals surface area contributed by atoms with E-state index >= 15 is 0 Å². The smallest absolute Gasteiger partial charge is 0.330 e. The highest BCUT2D eigenvalue weighted by atomic mass is 32.2. The molecule has 0 saturated heterocycles. The van der Waals surface area contributed by atoms with Gasteiger partial charge >= 0.3 is 5.97 Å². The number of likely N-dealkylation sites (N-methyl/N-ethyl adjacent to an activating group) is 1. The van der Waals surface area contributed by atoms with E-state index in [-0.39, 0.29) is 23.5 Å². The molecule has 2 rings (SSSR count). The van der Waals surface area contributed by atoms with Crippen molar-refractivity contribution >= 4 is 35.5 Å². The predicted molar refractivity (Wildman–Crippen MR) is 98.0 cm³/mol. The quantitative estimate of drug-likeness (QED) is 0.527. The number of nitrogens with zero attached hydrogens (tertiary/aromatic N) is 2. The Morgan fingerprint density at radius 3 is 2.15 bits per heavy atom. The molecule has 26 heavy (non-hydrogen) atoms. The molecule has 0 fully saturated rings. The minimum atomic E-state index is -1.06. The van der Waals surface area contributed by atoms with Gasteiger partial charge in [-0.05, 0) is 37.5 Å². The van der Waals surface area contributed by atoms with Crippen LogP contribution in [0.2, 0.25) is 0 Å². The summed E-state index contributed by atoms with van der Waals surface area (Å²) < 4.78 is 5.26. The van der Waals surface area contributed by atoms with Crippen LogP contribution in [0.3, 0.4) is 0 Å². The van der Waals surface area contributed by atoms with Gasteiger partial charge in [0.15, 0.2) is 6.10 Å². The number of fused-ring (bicyclic) bond motifs is 1. The van der Waals surface area contributed by atoms with Crippen LogP contribution in [0.15, 0.2) is 24.3 Å². The fourth-order valence-electron chi connectivity index (χ4n) is 2.74. The maximum absolute atomic E-state index is 12.7. The van der Waals surface area contributed by atoms with E-state index in [1.807, 2.05) is 6.26 Å². The van der Waals surface area contributed by atoms with Crippen LogP contribution in [-0.2, 0) is 14.3 Å². The molecular weight excluding hydrogens is 356 g/mol. The summed E-state index contributed by atoms with van der Waals surface area (Å²) in [5.41, 5.74) is 0.550. The largest absolute Gasteiger partial charge is 0.451 e. The fraction of sp³-hybridized carbons (Fsp3) is 0.444. The summed E-state index contributed by atoms with van der Waals surface area (Å²) in [5.74, 6) is -1.59. The summed E-state index contributed by atoms with van der Waals surface area (Å²) >= 11 is 1.49. The van der Waals surface area contributed by atoms with Gasteiger partial charge in [0.2, 0.25) is 0 Å². The molecule has 140 valence electrons. The van der Waals surface area contributed by atoms with E-state index in [0.29, 0.717) is 5.75 Å². The molecule has 0 aliphatic carbocycles. The van der Waals surface area contributed by atoms with Crippen molar-refractivity contribution in [2.24, 2.45) is 0 Å². The van der Waals surface area contributed by atoms with Crippen molar-refractivity contribution in [3.05, 3.63) is 35.4 Å². The van der Waals surface area contributed by atoms with Crippen LogP contribution in [0.4, 0.5) is 0 Å². The van der Waals surface area contributed by atoms with Crippen LogP contribution < -0.4 is 0 Å². The highest BCUT2D eigenvalue weighted by molar-refractivity contribution is 7.98. The highest BCUT2D eigenvalue weighted by Crippen LogP contribution is 2.26. The van der Waals surface area contributed by atoms with Gasteiger partial charge in [0, 0.05) is 14.1 Å². The standard InChI is InChI=1S/C18H22N2O5S/c1-11(15(21)19(2)3)25-18(24)14(9-10-26-4)20-16(22)12-7-5-6-8-13(12)17(20)23/h5-8,11,14H,9-10H2,1-4H3/t11-,14+/m1/s1. The lowest BCUT2D eigenvalue weighted by molar-refractivity contribution is -0.161. The number of carbonyl (C=O) groups excluding carboxylic acids is 4. The molecule has 1 aliphatic rings. The third kappa shape index (κ3) is 3.90. The predicted octanol–water partition coefficient (Wildman–Crippen LogP) is 1.42. The fourth-order valence-corrected chi connectivity index (χ4v) is 3.20. The molecular formula is C18H22N2O5S. The zero-order chi connectivity index (χ0) is 19.4. The first-order valence-electron chi connectivity index (χ1n) is 8.17. The number of amides is 3. The highest BCUT2D eigenvalue weighted by Gasteiger charge is 2.43. The van der Waals surface area contributed by atoms with Gasteiger partial charge < -0.3 is 9.64 Å². The van der Waals surface area contributed by atoms with Gasteiger partial charge in [-0.15, -0.1) is 0 Å². The van der Waals surface area contributed by atoms with Gasteiger partial charge in [0.25, 0.3) is 17.7 Å². The number of esters is 1. The second-order valence-corrected chi connectivity index (χ2v) is 7.12. The number of hydrogen-bond donors (Lipinski definition) is 0. The van der Waals surface area contributed by atoms with Gasteiger partial charge in [-0.3, -0.25) is 19.3 Å². The Labute approximate surface area is 156 Å². The van der Waals surface area contributed by atoms with Crippen LogP contribution in [-0.4, -0.2) is 71.7 Å². The van der Waals surface area contributed by atoms with Crippen molar-refractivity contribution < 1.29 is 23.9 Å². The molecule has 2 atom stereocenters. The van der Waals surface area contributed by atoms with Gasteiger partial charge in [0.05, 0.1) is 11.1 Å². The number of thioether (sulfide) groups is 1. The Kier molecular flexibility index (Phi) is 6.42. The first-order chi connectivity index (χ1) is 12.3. The summed E-state index contributed by atoms with van der Waals surface area (Å²) in [6.07, 6.45) is 1.13. The van der Waals surface area contributed by atoms with E-state index in [2.05, 4.69) is 0 Å². The van der Waals surface area contributed by atoms with E-state index in [1.165, 1.54) is 23.6 Å². The van der Waals surface area contributed by atoms with E-state index in [0.717, 1.165) is 4.90 Å². The summed E-state index contributed by atoms with van der Waals surface area (Å²) in [4.78, 5) is 52.2. The minimum absolute atomic E-state index is 0.258. The van der Waals surface area contributed by atoms with Crippen LogP contribution in [0.25, 0.3) is 0 Å². The summed E-state index contributed by atoms with van der Waals surface area (Å²) in [6.45, 7) is 1.47. The molecule has 0 spiro atoms. The minimum Gasteiger partial charge on any atom is -0.451 e. The molecule has 7 nitrogen and oxygen atoms in total. The number of benzene rings is 1. The monoisotopic (exact) mass is 378 g/mol. The number of hydrogen-bond acceptors (Lipinski definition) is 6. The number of ether oxygens (including phenoxy) is 1. The third-order valence-corrected chi connectivity index (χ3v) is 4.73. The lowest BCUT2D eigenvalue weighted by atomic mass is 10.1. The maximum Gasteiger partial charge on any atom is 0.330 e. The summed E-state index contributed by atoms with van der Waals surface area (Å²) in [7, 11) is 3.12. The average molecular weight is 378 g/mol. The van der Waals surface area contributed by atoms with Crippen molar-refractivity contribution in [1.29, 1.82) is 0 Å². The van der Waals surface area contributed by atoms with E-state index < -0.39 is 29.9 Å². The Hall–Kier alpha value is -2.35. The van der Waals surface area contributed by atoms with Crippen molar-refractivity contribution in [2.75, 3.05) is 26.1 Å². The van der Waals surface area contributed by atoms with Gasteiger partial charge in [-0.1, -0.05) is 12.1 Å². The Bertz CT molecular complexity index is 699. The van der Waals surface area contributed by atoms with E-state index in [9.17, 15) is 19.2 Å². The van der Waals surface area contributed by atoms with Gasteiger partial charge in [-0.25, -0.2) is 4.79 Å². The van der Waals surface area contributed by atoms with Crippen LogP contribution in [0.1, 0.15) is 34.1 Å². The summed E-state index contributed by atoms with van der Waals surface area (Å²) in [5, 5.41) is 0. The molecule has 0 bridgehead atoms. The first-order valence-corrected chi connectivity index (χ1v) is 9.56. The first kappa shape index (κ1) is 20.0. The zero-order valence-corrected chi connectivity index (χ0v) is 16.0. The Balaban J connectivity index is 2.25. The lowest BCUT2D eigenvalue weighted by Gasteiger charge is -2.26. The lowest BCUT2D eigenvalue weighted by Crippen LogP contribution is -2.48. The number of carbonyl (C=O) groups is 4. The molecule has 0 N–H and O–H groups in total. The molecule has 0 radical (unpaired) electrons. The SMILES string of the molecule is CSCC[C@@H](C(=O)O[C@H](C)C(=O)N(C)C)N1C(=O)c2ccccc2C1=O. The zero-order valence-electron chi connectivity index (χ0n) is 15.2. The molecule has 0 aromatic heterocycles. The van der Waals surface area contributed by atoms with Crippen molar-refractivity contribution in [3.63, 3.8) is 0 Å². The van der Waals surface area contributed by atoms with Gasteiger partial charge in [0.1, 0.15) is 6.04 Å². The van der Waals surface area contributed by atoms with Crippen LogP contribution in [0, 0.1) is 0 Å². The normalized spacial score (nSPS) is 15.5. The molecule has 1 aromatic rings. The topological polar surface area (TPSA) is 84.0 Å². The van der Waals surface area contributed by atoms with Crippen molar-refractivity contribution in [1.82, 2.24) is 9.80 Å². The van der Waals surface area contributed by atoms with Crippen LogP contribution >= 0.6 is 11.8 Å². The second-order valence-electron chi connectivity index (χ2n) is 6.13. The van der Waals surface area contributed by atoms with Crippen molar-refractivity contribution in [3.8, 4) is 0 Å². The summed E-state index contributed by atoms with van der Waals surface area (Å²) in [6, 6.07) is 5.39. The molecule has 0 unspecified atom stereocenters. The van der Waals surface area contributed by atoms with E-state index in [1.54, 1.807) is 38.4 Å². The van der Waals surface area contributed by atoms with E-state index in [4.69, 9.17) is 4.74 Å². The average Bonchev–Trinajstić information content (AvgIpc) is 2.86. The third-order valence-electron chi connectivity index (χ3n) is 4.09. The van der Waals surface area contributed by atoms with Crippen molar-refractivity contribution in [2.45, 2.75) is 25.5 Å². The Morgan fingerprint density at radius 2 is 1.69 bits per heavy atom. The molecule has 3 amide bonds. The number of rotatable bonds is 7. The number of imide groups is 1. The maximum atomic E-state index is 12.7. The molecule has 1 aliphatic heterocycles. The van der Waals surface area contributed by atoms with Gasteiger partial charge in [-0.2, -0.15) is 11.8 Å². The molecule has 1 heterocycles. The van der Waals surface area contributed by atoms with Crippen LogP contribution in [0.5, 0.6) is 0 Å². The second kappa shape index (κ2) is 8.35. The molecule has 8 heteroatoms. The molecule has 1 aromatic carbocycles.